The molecule has 2 rings (SSSR count). The van der Waals surface area contributed by atoms with E-state index in [1.165, 1.54) is 0 Å². The van der Waals surface area contributed by atoms with Crippen molar-refractivity contribution < 1.29 is 14.6 Å². The summed E-state index contributed by atoms with van der Waals surface area (Å²) in [7, 11) is 0. The average Bonchev–Trinajstić information content (AvgIpc) is 2.65. The second kappa shape index (κ2) is 4.53. The van der Waals surface area contributed by atoms with Gasteiger partial charge in [0.05, 0.1) is 6.10 Å². The van der Waals surface area contributed by atoms with Crippen molar-refractivity contribution in [1.82, 2.24) is 0 Å². The van der Waals surface area contributed by atoms with Gasteiger partial charge in [-0.05, 0) is 30.5 Å². The minimum Gasteiger partial charge on any atom is -0.454 e. The fraction of sp³-hybridized carbons (Fsp3) is 0.500. The lowest BCUT2D eigenvalue weighted by molar-refractivity contribution is 0.163. The van der Waals surface area contributed by atoms with Gasteiger partial charge in [0.1, 0.15) is 0 Å². The number of hydrogen-bond donors (Lipinski definition) is 1. The molecule has 1 unspecified atom stereocenters. The molecular weight excluding hydrogens is 192 g/mol. The molecule has 0 fully saturated rings. The molecule has 82 valence electrons. The fourth-order valence-electron chi connectivity index (χ4n) is 1.78. The van der Waals surface area contributed by atoms with Gasteiger partial charge >= 0.3 is 0 Å². The van der Waals surface area contributed by atoms with Crippen LogP contribution in [0.2, 0.25) is 0 Å². The molecule has 0 bridgehead atoms. The summed E-state index contributed by atoms with van der Waals surface area (Å²) in [5.41, 5.74) is 1.10. The normalized spacial score (nSPS) is 15.3. The minimum absolute atomic E-state index is 0.254. The molecule has 1 aromatic rings. The molecule has 0 saturated heterocycles. The molecule has 1 atom stereocenters. The Balaban J connectivity index is 2.03. The Kier molecular flexibility index (Phi) is 3.11. The van der Waals surface area contributed by atoms with Crippen LogP contribution >= 0.6 is 0 Å². The van der Waals surface area contributed by atoms with Crippen LogP contribution in [0.3, 0.4) is 0 Å². The number of aliphatic hydroxyl groups is 1. The van der Waals surface area contributed by atoms with Gasteiger partial charge < -0.3 is 14.6 Å². The number of aliphatic hydroxyl groups excluding tert-OH is 1. The fourth-order valence-corrected chi connectivity index (χ4v) is 1.78. The summed E-state index contributed by atoms with van der Waals surface area (Å²) in [4.78, 5) is 0. The predicted octanol–water partition coefficient (Wildman–Crippen LogP) is 2.12. The van der Waals surface area contributed by atoms with E-state index in [-0.39, 0.29) is 6.10 Å². The molecule has 0 saturated carbocycles. The highest BCUT2D eigenvalue weighted by molar-refractivity contribution is 5.44. The van der Waals surface area contributed by atoms with Gasteiger partial charge in [0.2, 0.25) is 6.79 Å². The molecule has 1 aliphatic heterocycles. The lowest BCUT2D eigenvalue weighted by Crippen LogP contribution is -2.09. The van der Waals surface area contributed by atoms with Gasteiger partial charge in [0.25, 0.3) is 0 Å². The Hall–Kier alpha value is -1.22. The van der Waals surface area contributed by atoms with E-state index in [1.54, 1.807) is 0 Å². The quantitative estimate of drug-likeness (QED) is 0.823. The van der Waals surface area contributed by atoms with E-state index in [1.807, 2.05) is 18.2 Å². The molecule has 0 radical (unpaired) electrons. The van der Waals surface area contributed by atoms with Gasteiger partial charge in [-0.15, -0.1) is 0 Å². The largest absolute Gasteiger partial charge is 0.454 e. The smallest absolute Gasteiger partial charge is 0.231 e. The number of ether oxygens (including phenoxy) is 2. The SMILES string of the molecule is CCCC(O)Cc1ccc2c(c1)OCO2. The van der Waals surface area contributed by atoms with E-state index in [9.17, 15) is 5.11 Å². The van der Waals surface area contributed by atoms with Crippen molar-refractivity contribution in [2.45, 2.75) is 32.3 Å². The van der Waals surface area contributed by atoms with Crippen molar-refractivity contribution in [2.75, 3.05) is 6.79 Å². The molecular formula is C12H16O3. The third-order valence-electron chi connectivity index (χ3n) is 2.53. The van der Waals surface area contributed by atoms with E-state index < -0.39 is 0 Å². The maximum atomic E-state index is 9.68. The molecule has 1 heterocycles. The van der Waals surface area contributed by atoms with Gasteiger partial charge in [-0.2, -0.15) is 0 Å². The van der Waals surface area contributed by atoms with Crippen molar-refractivity contribution >= 4 is 0 Å². The molecule has 15 heavy (non-hydrogen) atoms. The first-order valence-corrected chi connectivity index (χ1v) is 5.36. The highest BCUT2D eigenvalue weighted by Gasteiger charge is 2.14. The molecule has 1 aliphatic rings. The van der Waals surface area contributed by atoms with E-state index >= 15 is 0 Å². The molecule has 1 N–H and O–H groups in total. The number of fused-ring (bicyclic) bond motifs is 1. The average molecular weight is 208 g/mol. The van der Waals surface area contributed by atoms with Crippen LogP contribution in [-0.2, 0) is 6.42 Å². The van der Waals surface area contributed by atoms with Crippen LogP contribution in [0.4, 0.5) is 0 Å². The maximum Gasteiger partial charge on any atom is 0.231 e. The van der Waals surface area contributed by atoms with E-state index in [2.05, 4.69) is 6.92 Å². The van der Waals surface area contributed by atoms with E-state index in [4.69, 9.17) is 9.47 Å². The molecule has 0 aliphatic carbocycles. The Morgan fingerprint density at radius 1 is 1.33 bits per heavy atom. The second-order valence-corrected chi connectivity index (χ2v) is 3.83. The van der Waals surface area contributed by atoms with Gasteiger partial charge in [-0.25, -0.2) is 0 Å². The minimum atomic E-state index is -0.254. The summed E-state index contributed by atoms with van der Waals surface area (Å²) >= 11 is 0. The number of hydrogen-bond acceptors (Lipinski definition) is 3. The predicted molar refractivity (Wildman–Crippen MR) is 57.2 cm³/mol. The van der Waals surface area contributed by atoms with E-state index in [0.29, 0.717) is 13.2 Å². The Morgan fingerprint density at radius 2 is 2.13 bits per heavy atom. The second-order valence-electron chi connectivity index (χ2n) is 3.83. The monoisotopic (exact) mass is 208 g/mol. The van der Waals surface area contributed by atoms with Crippen LogP contribution < -0.4 is 9.47 Å². The van der Waals surface area contributed by atoms with Crippen molar-refractivity contribution in [3.05, 3.63) is 23.8 Å². The van der Waals surface area contributed by atoms with Crippen LogP contribution in [0, 0.1) is 0 Å². The van der Waals surface area contributed by atoms with Gasteiger partial charge in [-0.1, -0.05) is 19.4 Å². The number of rotatable bonds is 4. The highest BCUT2D eigenvalue weighted by Crippen LogP contribution is 2.32. The summed E-state index contributed by atoms with van der Waals surface area (Å²) in [5, 5.41) is 9.68. The van der Waals surface area contributed by atoms with Gasteiger partial charge in [0, 0.05) is 0 Å². The summed E-state index contributed by atoms with van der Waals surface area (Å²) in [5.74, 6) is 1.58. The van der Waals surface area contributed by atoms with Gasteiger partial charge in [0.15, 0.2) is 11.5 Å². The third-order valence-corrected chi connectivity index (χ3v) is 2.53. The molecule has 0 spiro atoms. The Morgan fingerprint density at radius 3 is 2.93 bits per heavy atom. The Labute approximate surface area is 89.6 Å². The zero-order valence-corrected chi connectivity index (χ0v) is 8.90. The topological polar surface area (TPSA) is 38.7 Å². The van der Waals surface area contributed by atoms with Gasteiger partial charge in [-0.3, -0.25) is 0 Å². The van der Waals surface area contributed by atoms with Crippen molar-refractivity contribution in [3.63, 3.8) is 0 Å². The molecule has 0 amide bonds. The first-order chi connectivity index (χ1) is 7.29. The van der Waals surface area contributed by atoms with E-state index in [0.717, 1.165) is 29.9 Å². The van der Waals surface area contributed by atoms with Crippen LogP contribution in [0.1, 0.15) is 25.3 Å². The van der Waals surface area contributed by atoms with Crippen LogP contribution in [0.5, 0.6) is 11.5 Å². The summed E-state index contributed by atoms with van der Waals surface area (Å²) in [6, 6.07) is 5.82. The molecule has 0 aromatic heterocycles. The van der Waals surface area contributed by atoms with Crippen LogP contribution in [-0.4, -0.2) is 18.0 Å². The zero-order chi connectivity index (χ0) is 10.7. The maximum absolute atomic E-state index is 9.68. The summed E-state index contributed by atoms with van der Waals surface area (Å²) < 4.78 is 10.5. The summed E-state index contributed by atoms with van der Waals surface area (Å²) in [6.45, 7) is 2.37. The standard InChI is InChI=1S/C12H16O3/c1-2-3-10(13)6-9-4-5-11-12(7-9)15-8-14-11/h4-5,7,10,13H,2-3,6,8H2,1H3. The van der Waals surface area contributed by atoms with Crippen molar-refractivity contribution in [1.29, 1.82) is 0 Å². The highest BCUT2D eigenvalue weighted by atomic mass is 16.7. The first kappa shape index (κ1) is 10.3. The molecule has 1 aromatic carbocycles. The van der Waals surface area contributed by atoms with Crippen molar-refractivity contribution in [3.8, 4) is 11.5 Å². The molecule has 3 heteroatoms. The first-order valence-electron chi connectivity index (χ1n) is 5.36. The third kappa shape index (κ3) is 2.42. The van der Waals surface area contributed by atoms with Crippen LogP contribution in [0.25, 0.3) is 0 Å². The zero-order valence-electron chi connectivity index (χ0n) is 8.90. The van der Waals surface area contributed by atoms with Crippen LogP contribution in [0.15, 0.2) is 18.2 Å². The number of benzene rings is 1. The lowest BCUT2D eigenvalue weighted by atomic mass is 10.0. The van der Waals surface area contributed by atoms with Crippen molar-refractivity contribution in [2.24, 2.45) is 0 Å². The summed E-state index contributed by atoms with van der Waals surface area (Å²) in [6.07, 6.45) is 2.28. The Bertz CT molecular complexity index is 336. The lowest BCUT2D eigenvalue weighted by Gasteiger charge is -2.09. The molecule has 3 nitrogen and oxygen atoms in total.